The average Bonchev–Trinajstić information content (AvgIpc) is 3.09. The Morgan fingerprint density at radius 2 is 1.87 bits per heavy atom. The van der Waals surface area contributed by atoms with Gasteiger partial charge < -0.3 is 15.4 Å². The molecule has 2 heterocycles. The Hall–Kier alpha value is -3.03. The van der Waals surface area contributed by atoms with Gasteiger partial charge in [-0.3, -0.25) is 9.78 Å². The Kier molecular flexibility index (Phi) is 7.32. The van der Waals surface area contributed by atoms with Crippen LogP contribution in [-0.4, -0.2) is 30.0 Å². The summed E-state index contributed by atoms with van der Waals surface area (Å²) in [4.78, 5) is 30.5. The highest BCUT2D eigenvalue weighted by molar-refractivity contribution is 7.17. The number of anilines is 1. The maximum Gasteiger partial charge on any atom is 0.341 e. The molecule has 0 saturated heterocycles. The van der Waals surface area contributed by atoms with Crippen LogP contribution in [0.1, 0.15) is 40.8 Å². The number of aryl methyl sites for hydroxylation is 1. The Balaban J connectivity index is 1.79. The molecule has 1 amide bonds. The lowest BCUT2D eigenvalue weighted by Crippen LogP contribution is -2.30. The topological polar surface area (TPSA) is 80.3 Å². The Bertz CT molecular complexity index is 1000. The van der Waals surface area contributed by atoms with Crippen LogP contribution >= 0.6 is 11.3 Å². The van der Waals surface area contributed by atoms with E-state index in [9.17, 15) is 9.59 Å². The van der Waals surface area contributed by atoms with Crippen LogP contribution < -0.4 is 10.6 Å². The number of esters is 1. The lowest BCUT2D eigenvalue weighted by atomic mass is 10.0. The van der Waals surface area contributed by atoms with Crippen molar-refractivity contribution in [1.82, 2.24) is 10.3 Å². The number of pyridine rings is 1. The van der Waals surface area contributed by atoms with Gasteiger partial charge in [0.15, 0.2) is 0 Å². The SMILES string of the molecule is CCOC(=O)c1c(NC(=O)CNC(C)c2ccccn2)sc(C)c1-c1ccccc1. The van der Waals surface area contributed by atoms with E-state index < -0.39 is 5.97 Å². The number of carbonyl (C=O) groups excluding carboxylic acids is 2. The number of hydrogen-bond acceptors (Lipinski definition) is 6. The van der Waals surface area contributed by atoms with Crippen molar-refractivity contribution in [2.24, 2.45) is 0 Å². The average molecular weight is 424 g/mol. The molecule has 1 unspecified atom stereocenters. The minimum atomic E-state index is -0.439. The minimum Gasteiger partial charge on any atom is -0.462 e. The molecule has 2 aromatic heterocycles. The second-order valence-electron chi connectivity index (χ2n) is 6.73. The molecule has 6 nitrogen and oxygen atoms in total. The molecular formula is C23H25N3O3S. The van der Waals surface area contributed by atoms with Crippen molar-refractivity contribution in [3.05, 3.63) is 70.9 Å². The summed E-state index contributed by atoms with van der Waals surface area (Å²) >= 11 is 1.38. The number of rotatable bonds is 8. The van der Waals surface area contributed by atoms with Crippen molar-refractivity contribution in [3.8, 4) is 11.1 Å². The van der Waals surface area contributed by atoms with E-state index in [4.69, 9.17) is 4.74 Å². The summed E-state index contributed by atoms with van der Waals surface area (Å²) in [6.45, 7) is 6.01. The number of benzene rings is 1. The van der Waals surface area contributed by atoms with E-state index in [-0.39, 0.29) is 25.1 Å². The van der Waals surface area contributed by atoms with Gasteiger partial charge in [0, 0.05) is 22.7 Å². The molecule has 30 heavy (non-hydrogen) atoms. The summed E-state index contributed by atoms with van der Waals surface area (Å²) in [5.74, 6) is -0.671. The molecule has 156 valence electrons. The molecule has 1 atom stereocenters. The number of hydrogen-bond donors (Lipinski definition) is 2. The van der Waals surface area contributed by atoms with Gasteiger partial charge in [-0.2, -0.15) is 0 Å². The van der Waals surface area contributed by atoms with E-state index in [1.165, 1.54) is 11.3 Å². The van der Waals surface area contributed by atoms with Crippen LogP contribution in [-0.2, 0) is 9.53 Å². The first kappa shape index (κ1) is 21.7. The molecule has 0 saturated carbocycles. The van der Waals surface area contributed by atoms with Crippen molar-refractivity contribution in [3.63, 3.8) is 0 Å². The van der Waals surface area contributed by atoms with Gasteiger partial charge >= 0.3 is 5.97 Å². The summed E-state index contributed by atoms with van der Waals surface area (Å²) in [6, 6.07) is 15.2. The minimum absolute atomic E-state index is 0.0774. The Morgan fingerprint density at radius 1 is 1.13 bits per heavy atom. The number of aromatic nitrogens is 1. The van der Waals surface area contributed by atoms with E-state index in [1.807, 2.05) is 62.4 Å². The van der Waals surface area contributed by atoms with Gasteiger partial charge in [-0.25, -0.2) is 4.79 Å². The van der Waals surface area contributed by atoms with Crippen molar-refractivity contribution < 1.29 is 14.3 Å². The van der Waals surface area contributed by atoms with Crippen molar-refractivity contribution in [1.29, 1.82) is 0 Å². The number of ether oxygens (including phenoxy) is 1. The van der Waals surface area contributed by atoms with Gasteiger partial charge in [-0.1, -0.05) is 36.4 Å². The number of carbonyl (C=O) groups is 2. The first-order chi connectivity index (χ1) is 14.5. The van der Waals surface area contributed by atoms with Crippen molar-refractivity contribution in [2.75, 3.05) is 18.5 Å². The molecule has 2 N–H and O–H groups in total. The zero-order valence-corrected chi connectivity index (χ0v) is 18.1. The second-order valence-corrected chi connectivity index (χ2v) is 7.95. The zero-order chi connectivity index (χ0) is 21.5. The van der Waals surface area contributed by atoms with Gasteiger partial charge in [0.1, 0.15) is 10.6 Å². The van der Waals surface area contributed by atoms with E-state index in [1.54, 1.807) is 13.1 Å². The third kappa shape index (κ3) is 5.11. The van der Waals surface area contributed by atoms with Gasteiger partial charge in [0.25, 0.3) is 0 Å². The maximum atomic E-state index is 12.7. The lowest BCUT2D eigenvalue weighted by Gasteiger charge is -2.13. The van der Waals surface area contributed by atoms with Crippen LogP contribution in [0.5, 0.6) is 0 Å². The van der Waals surface area contributed by atoms with Crippen LogP contribution in [0.2, 0.25) is 0 Å². The fourth-order valence-electron chi connectivity index (χ4n) is 3.14. The first-order valence-electron chi connectivity index (χ1n) is 9.81. The highest BCUT2D eigenvalue weighted by Crippen LogP contribution is 2.40. The summed E-state index contributed by atoms with van der Waals surface area (Å²) in [5, 5.41) is 6.55. The van der Waals surface area contributed by atoms with Gasteiger partial charge in [0.05, 0.1) is 18.8 Å². The van der Waals surface area contributed by atoms with E-state index in [0.29, 0.717) is 10.6 Å². The van der Waals surface area contributed by atoms with Crippen LogP contribution in [0.3, 0.4) is 0 Å². The fourth-order valence-corrected chi connectivity index (χ4v) is 4.22. The molecule has 0 aliphatic rings. The number of nitrogens with zero attached hydrogens (tertiary/aromatic N) is 1. The molecule has 0 spiro atoms. The van der Waals surface area contributed by atoms with Crippen molar-refractivity contribution >= 4 is 28.2 Å². The number of thiophene rings is 1. The fraction of sp³-hybridized carbons (Fsp3) is 0.261. The van der Waals surface area contributed by atoms with Crippen LogP contribution in [0.15, 0.2) is 54.7 Å². The van der Waals surface area contributed by atoms with E-state index in [2.05, 4.69) is 15.6 Å². The quantitative estimate of drug-likeness (QED) is 0.518. The standard InChI is InChI=1S/C23H25N3O3S/c1-4-29-23(28)21-20(17-10-6-5-7-11-17)16(3)30-22(21)26-19(27)14-25-15(2)18-12-8-9-13-24-18/h5-13,15,25H,4,14H2,1-3H3,(H,26,27). The summed E-state index contributed by atoms with van der Waals surface area (Å²) < 4.78 is 5.27. The summed E-state index contributed by atoms with van der Waals surface area (Å²) in [6.07, 6.45) is 1.72. The van der Waals surface area contributed by atoms with Crippen LogP contribution in [0.25, 0.3) is 11.1 Å². The largest absolute Gasteiger partial charge is 0.462 e. The Labute approximate surface area is 180 Å². The maximum absolute atomic E-state index is 12.7. The van der Waals surface area contributed by atoms with E-state index in [0.717, 1.165) is 21.7 Å². The van der Waals surface area contributed by atoms with Gasteiger partial charge in [-0.15, -0.1) is 11.3 Å². The number of nitrogens with one attached hydrogen (secondary N) is 2. The molecular weight excluding hydrogens is 398 g/mol. The normalized spacial score (nSPS) is 11.7. The lowest BCUT2D eigenvalue weighted by molar-refractivity contribution is -0.115. The molecule has 0 aliphatic heterocycles. The first-order valence-corrected chi connectivity index (χ1v) is 10.6. The highest BCUT2D eigenvalue weighted by atomic mass is 32.1. The number of amides is 1. The highest BCUT2D eigenvalue weighted by Gasteiger charge is 2.25. The van der Waals surface area contributed by atoms with Crippen molar-refractivity contribution in [2.45, 2.75) is 26.8 Å². The smallest absolute Gasteiger partial charge is 0.341 e. The molecule has 0 aliphatic carbocycles. The summed E-state index contributed by atoms with van der Waals surface area (Å²) in [7, 11) is 0. The monoisotopic (exact) mass is 423 g/mol. The molecule has 3 aromatic rings. The van der Waals surface area contributed by atoms with Crippen LogP contribution in [0.4, 0.5) is 5.00 Å². The Morgan fingerprint density at radius 3 is 2.53 bits per heavy atom. The van der Waals surface area contributed by atoms with Gasteiger partial charge in [-0.05, 0) is 38.5 Å². The molecule has 0 fully saturated rings. The van der Waals surface area contributed by atoms with Gasteiger partial charge in [0.2, 0.25) is 5.91 Å². The third-order valence-corrected chi connectivity index (χ3v) is 5.60. The van der Waals surface area contributed by atoms with Crippen LogP contribution in [0, 0.1) is 6.92 Å². The third-order valence-electron chi connectivity index (χ3n) is 4.58. The second kappa shape index (κ2) is 10.1. The molecule has 0 radical (unpaired) electrons. The molecule has 7 heteroatoms. The predicted molar refractivity (Wildman–Crippen MR) is 120 cm³/mol. The van der Waals surface area contributed by atoms with E-state index >= 15 is 0 Å². The predicted octanol–water partition coefficient (Wildman–Crippen LogP) is 4.58. The molecule has 0 bridgehead atoms. The molecule has 3 rings (SSSR count). The molecule has 1 aromatic carbocycles. The zero-order valence-electron chi connectivity index (χ0n) is 17.3. The summed E-state index contributed by atoms with van der Waals surface area (Å²) in [5.41, 5.74) is 2.97.